The first-order valence-electron chi connectivity index (χ1n) is 9.52. The van der Waals surface area contributed by atoms with Gasteiger partial charge in [-0.3, -0.25) is 0 Å². The van der Waals surface area contributed by atoms with Crippen molar-refractivity contribution in [2.75, 3.05) is 27.3 Å². The molecule has 1 atom stereocenters. The fraction of sp³-hybridized carbons (Fsp3) is 0.455. The third kappa shape index (κ3) is 6.99. The van der Waals surface area contributed by atoms with Crippen molar-refractivity contribution < 1.29 is 14.6 Å². The molecule has 5 nitrogen and oxygen atoms in total. The van der Waals surface area contributed by atoms with Gasteiger partial charge in [0.15, 0.2) is 11.5 Å². The third-order valence-corrected chi connectivity index (χ3v) is 5.01. The van der Waals surface area contributed by atoms with Crippen LogP contribution in [0.5, 0.6) is 11.5 Å². The van der Waals surface area contributed by atoms with Crippen LogP contribution in [-0.2, 0) is 13.1 Å². The van der Waals surface area contributed by atoms with Crippen molar-refractivity contribution >= 4 is 11.6 Å². The average molecular weight is 407 g/mol. The molecule has 0 saturated carbocycles. The fourth-order valence-electron chi connectivity index (χ4n) is 2.71. The first-order valence-corrected chi connectivity index (χ1v) is 9.90. The second-order valence-corrected chi connectivity index (χ2v) is 7.59. The van der Waals surface area contributed by atoms with Crippen LogP contribution < -0.4 is 14.8 Å². The van der Waals surface area contributed by atoms with E-state index in [1.165, 1.54) is 0 Å². The molecule has 0 bridgehead atoms. The van der Waals surface area contributed by atoms with Crippen molar-refractivity contribution in [1.29, 1.82) is 0 Å². The summed E-state index contributed by atoms with van der Waals surface area (Å²) in [5.41, 5.74) is 2.13. The lowest BCUT2D eigenvalue weighted by Gasteiger charge is -2.24. The summed E-state index contributed by atoms with van der Waals surface area (Å²) in [6.07, 6.45) is -0.570. The van der Waals surface area contributed by atoms with Gasteiger partial charge in [0.05, 0.1) is 7.11 Å². The third-order valence-electron chi connectivity index (χ3n) is 4.64. The molecule has 1 unspecified atom stereocenters. The van der Waals surface area contributed by atoms with E-state index in [-0.39, 0.29) is 6.61 Å². The summed E-state index contributed by atoms with van der Waals surface area (Å²) in [6.45, 7) is 6.31. The fourth-order valence-corrected chi connectivity index (χ4v) is 2.91. The van der Waals surface area contributed by atoms with Crippen molar-refractivity contribution in [2.45, 2.75) is 39.1 Å². The van der Waals surface area contributed by atoms with Gasteiger partial charge >= 0.3 is 0 Å². The highest BCUT2D eigenvalue weighted by Gasteiger charge is 2.13. The number of hydrogen-bond acceptors (Lipinski definition) is 5. The van der Waals surface area contributed by atoms with E-state index in [1.807, 2.05) is 49.5 Å². The summed E-state index contributed by atoms with van der Waals surface area (Å²) >= 11 is 6.19. The van der Waals surface area contributed by atoms with Crippen LogP contribution in [0.2, 0.25) is 5.02 Å². The summed E-state index contributed by atoms with van der Waals surface area (Å²) in [5, 5.41) is 14.4. The summed E-state index contributed by atoms with van der Waals surface area (Å²) in [4.78, 5) is 2.08. The normalized spacial score (nSPS) is 12.4. The highest BCUT2D eigenvalue weighted by Crippen LogP contribution is 2.28. The van der Waals surface area contributed by atoms with Gasteiger partial charge in [0.2, 0.25) is 0 Å². The molecule has 0 amide bonds. The summed E-state index contributed by atoms with van der Waals surface area (Å²) in [5.74, 6) is 1.28. The van der Waals surface area contributed by atoms with Gasteiger partial charge in [0, 0.05) is 30.7 Å². The number of likely N-dealkylation sites (N-methyl/N-ethyl adjacent to an activating group) is 1. The quantitative estimate of drug-likeness (QED) is 0.595. The van der Waals surface area contributed by atoms with Crippen molar-refractivity contribution in [3.63, 3.8) is 0 Å². The Morgan fingerprint density at radius 2 is 1.86 bits per heavy atom. The van der Waals surface area contributed by atoms with Crippen LogP contribution >= 0.6 is 11.6 Å². The van der Waals surface area contributed by atoms with Crippen LogP contribution in [0, 0.1) is 0 Å². The largest absolute Gasteiger partial charge is 0.493 e. The number of aliphatic hydroxyl groups is 1. The summed E-state index contributed by atoms with van der Waals surface area (Å²) in [7, 11) is 3.60. The first-order chi connectivity index (χ1) is 13.4. The number of hydrogen-bond donors (Lipinski definition) is 2. The lowest BCUT2D eigenvalue weighted by atomic mass is 10.2. The van der Waals surface area contributed by atoms with E-state index in [9.17, 15) is 5.11 Å². The molecular weight excluding hydrogens is 376 g/mol. The van der Waals surface area contributed by atoms with Crippen LogP contribution in [-0.4, -0.2) is 49.5 Å². The first kappa shape index (κ1) is 22.5. The van der Waals surface area contributed by atoms with Gasteiger partial charge in [-0.2, -0.15) is 0 Å². The summed E-state index contributed by atoms with van der Waals surface area (Å²) in [6, 6.07) is 14.0. The van der Waals surface area contributed by atoms with Crippen molar-refractivity contribution in [2.24, 2.45) is 0 Å². The van der Waals surface area contributed by atoms with Crippen molar-refractivity contribution in [1.82, 2.24) is 10.2 Å². The zero-order valence-corrected chi connectivity index (χ0v) is 17.9. The number of halogens is 1. The maximum absolute atomic E-state index is 10.2. The molecule has 0 spiro atoms. The Morgan fingerprint density at radius 3 is 2.54 bits per heavy atom. The molecular formula is C22H31ClN2O3. The number of ether oxygens (including phenoxy) is 2. The molecule has 6 heteroatoms. The summed E-state index contributed by atoms with van der Waals surface area (Å²) < 4.78 is 11.2. The number of aliphatic hydroxyl groups excluding tert-OH is 1. The highest BCUT2D eigenvalue weighted by molar-refractivity contribution is 6.31. The molecule has 2 rings (SSSR count). The van der Waals surface area contributed by atoms with E-state index in [4.69, 9.17) is 21.1 Å². The van der Waals surface area contributed by atoms with Gasteiger partial charge in [-0.25, -0.2) is 0 Å². The van der Waals surface area contributed by atoms with Crippen LogP contribution in [0.3, 0.4) is 0 Å². The Kier molecular flexibility index (Phi) is 9.06. The van der Waals surface area contributed by atoms with Gasteiger partial charge in [0.1, 0.15) is 12.7 Å². The van der Waals surface area contributed by atoms with Crippen LogP contribution in [0.4, 0.5) is 0 Å². The predicted octanol–water partition coefficient (Wildman–Crippen LogP) is 3.72. The monoisotopic (exact) mass is 406 g/mol. The van der Waals surface area contributed by atoms with Gasteiger partial charge < -0.3 is 24.8 Å². The van der Waals surface area contributed by atoms with Crippen molar-refractivity contribution in [3.05, 3.63) is 58.6 Å². The number of benzene rings is 2. The standard InChI is InChI=1S/C22H31ClN2O3/c1-16(2)25(3)14-19(26)15-28-22-11-17(9-10-21(22)27-4)12-24-13-18-7-5-6-8-20(18)23/h5-11,16,19,24,26H,12-15H2,1-4H3. The van der Waals surface area contributed by atoms with E-state index in [0.29, 0.717) is 37.2 Å². The topological polar surface area (TPSA) is 54.0 Å². The van der Waals surface area contributed by atoms with Gasteiger partial charge in [0.25, 0.3) is 0 Å². The van der Waals surface area contributed by atoms with Crippen LogP contribution in [0.15, 0.2) is 42.5 Å². The molecule has 0 aliphatic carbocycles. The second kappa shape index (κ2) is 11.3. The highest BCUT2D eigenvalue weighted by atomic mass is 35.5. The zero-order chi connectivity index (χ0) is 20.5. The number of rotatable bonds is 11. The predicted molar refractivity (Wildman–Crippen MR) is 114 cm³/mol. The molecule has 0 aliphatic heterocycles. The Balaban J connectivity index is 1.92. The molecule has 28 heavy (non-hydrogen) atoms. The molecule has 0 aliphatic rings. The Bertz CT molecular complexity index is 739. The minimum Gasteiger partial charge on any atom is -0.493 e. The molecule has 154 valence electrons. The molecule has 0 radical (unpaired) electrons. The molecule has 2 N–H and O–H groups in total. The molecule has 0 saturated heterocycles. The molecule has 0 heterocycles. The number of nitrogens with one attached hydrogen (secondary N) is 1. The minimum absolute atomic E-state index is 0.212. The molecule has 0 aromatic heterocycles. The van der Waals surface area contributed by atoms with E-state index >= 15 is 0 Å². The van der Waals surface area contributed by atoms with Crippen LogP contribution in [0.25, 0.3) is 0 Å². The van der Waals surface area contributed by atoms with E-state index in [2.05, 4.69) is 24.1 Å². The molecule has 2 aromatic rings. The maximum Gasteiger partial charge on any atom is 0.161 e. The van der Waals surface area contributed by atoms with E-state index in [0.717, 1.165) is 16.1 Å². The van der Waals surface area contributed by atoms with Gasteiger partial charge in [-0.1, -0.05) is 35.9 Å². The smallest absolute Gasteiger partial charge is 0.161 e. The Hall–Kier alpha value is -1.79. The van der Waals surface area contributed by atoms with E-state index < -0.39 is 6.10 Å². The molecule has 0 fully saturated rings. The van der Waals surface area contributed by atoms with Crippen molar-refractivity contribution in [3.8, 4) is 11.5 Å². The zero-order valence-electron chi connectivity index (χ0n) is 17.1. The Labute approximate surface area is 173 Å². The molecule has 2 aromatic carbocycles. The lowest BCUT2D eigenvalue weighted by molar-refractivity contribution is 0.0668. The minimum atomic E-state index is -0.570. The number of nitrogens with zero attached hydrogens (tertiary/aromatic N) is 1. The Morgan fingerprint density at radius 1 is 1.11 bits per heavy atom. The SMILES string of the molecule is COc1ccc(CNCc2ccccc2Cl)cc1OCC(O)CN(C)C(C)C. The maximum atomic E-state index is 10.2. The number of methoxy groups -OCH3 is 1. The lowest BCUT2D eigenvalue weighted by Crippen LogP contribution is -2.37. The van der Waals surface area contributed by atoms with Crippen LogP contribution in [0.1, 0.15) is 25.0 Å². The van der Waals surface area contributed by atoms with E-state index in [1.54, 1.807) is 7.11 Å². The average Bonchev–Trinajstić information content (AvgIpc) is 2.68. The van der Waals surface area contributed by atoms with Gasteiger partial charge in [-0.05, 0) is 50.2 Å². The van der Waals surface area contributed by atoms with Gasteiger partial charge in [-0.15, -0.1) is 0 Å². The second-order valence-electron chi connectivity index (χ2n) is 7.18.